The normalized spacial score (nSPS) is 10.2. The van der Waals surface area contributed by atoms with Gasteiger partial charge in [0.15, 0.2) is 0 Å². The zero-order chi connectivity index (χ0) is 9.40. The largest absolute Gasteiger partial charge is 0.387 e. The van der Waals surface area contributed by atoms with Gasteiger partial charge in [-0.1, -0.05) is 13.3 Å². The molecule has 12 heavy (non-hydrogen) atoms. The SMILES string of the molecule is CCCC=NC(=O)NC(=O)CO. The van der Waals surface area contributed by atoms with Gasteiger partial charge >= 0.3 is 6.03 Å². The van der Waals surface area contributed by atoms with Crippen LogP contribution in [0.15, 0.2) is 4.99 Å². The van der Waals surface area contributed by atoms with Crippen LogP contribution in [0, 0.1) is 0 Å². The molecule has 0 aromatic heterocycles. The molecule has 3 amide bonds. The zero-order valence-electron chi connectivity index (χ0n) is 6.91. The fourth-order valence-electron chi connectivity index (χ4n) is 0.468. The highest BCUT2D eigenvalue weighted by Crippen LogP contribution is 1.81. The third-order valence-electron chi connectivity index (χ3n) is 1.02. The molecule has 0 aliphatic carbocycles. The lowest BCUT2D eigenvalue weighted by Crippen LogP contribution is -2.30. The summed E-state index contributed by atoms with van der Waals surface area (Å²) in [6, 6.07) is -0.734. The number of aliphatic imine (C=N–C) groups is 1. The van der Waals surface area contributed by atoms with E-state index in [9.17, 15) is 9.59 Å². The Morgan fingerprint density at radius 2 is 2.25 bits per heavy atom. The van der Waals surface area contributed by atoms with E-state index in [0.717, 1.165) is 6.42 Å². The van der Waals surface area contributed by atoms with Crippen molar-refractivity contribution >= 4 is 18.2 Å². The second kappa shape index (κ2) is 6.48. The number of nitrogens with zero attached hydrogens (tertiary/aromatic N) is 1. The van der Waals surface area contributed by atoms with Crippen molar-refractivity contribution in [3.8, 4) is 0 Å². The monoisotopic (exact) mass is 172 g/mol. The molecule has 0 saturated heterocycles. The molecule has 0 atom stereocenters. The van der Waals surface area contributed by atoms with Gasteiger partial charge in [0.2, 0.25) is 0 Å². The Morgan fingerprint density at radius 1 is 1.58 bits per heavy atom. The van der Waals surface area contributed by atoms with Crippen LogP contribution < -0.4 is 5.32 Å². The Morgan fingerprint density at radius 3 is 2.75 bits per heavy atom. The number of amides is 3. The number of carbonyl (C=O) groups excluding carboxylic acids is 2. The van der Waals surface area contributed by atoms with Crippen LogP contribution >= 0.6 is 0 Å². The summed E-state index contributed by atoms with van der Waals surface area (Å²) in [6.45, 7) is 1.25. The van der Waals surface area contributed by atoms with Crippen molar-refractivity contribution in [2.75, 3.05) is 6.61 Å². The van der Waals surface area contributed by atoms with Crippen LogP contribution in [-0.4, -0.2) is 29.9 Å². The molecule has 0 radical (unpaired) electrons. The minimum Gasteiger partial charge on any atom is -0.387 e. The maximum Gasteiger partial charge on any atom is 0.347 e. The topological polar surface area (TPSA) is 78.8 Å². The third-order valence-corrected chi connectivity index (χ3v) is 1.02. The fourth-order valence-corrected chi connectivity index (χ4v) is 0.468. The zero-order valence-corrected chi connectivity index (χ0v) is 6.91. The van der Waals surface area contributed by atoms with Gasteiger partial charge in [-0.15, -0.1) is 0 Å². The lowest BCUT2D eigenvalue weighted by molar-refractivity contribution is -0.122. The molecule has 0 aliphatic rings. The van der Waals surface area contributed by atoms with E-state index in [1.54, 1.807) is 0 Å². The molecular weight excluding hydrogens is 160 g/mol. The first kappa shape index (κ1) is 10.8. The average Bonchev–Trinajstić information content (AvgIpc) is 2.05. The van der Waals surface area contributed by atoms with Gasteiger partial charge in [-0.2, -0.15) is 0 Å². The third kappa shape index (κ3) is 5.55. The van der Waals surface area contributed by atoms with Crippen LogP contribution in [0.3, 0.4) is 0 Å². The summed E-state index contributed by atoms with van der Waals surface area (Å²) in [5, 5.41) is 10.1. The van der Waals surface area contributed by atoms with Gasteiger partial charge in [0.05, 0.1) is 0 Å². The Hall–Kier alpha value is -1.23. The minimum atomic E-state index is -0.742. The number of unbranched alkanes of at least 4 members (excludes halogenated alkanes) is 1. The predicted octanol–water partition coefficient (Wildman–Crippen LogP) is 0.0858. The molecule has 0 spiro atoms. The molecule has 0 unspecified atom stereocenters. The smallest absolute Gasteiger partial charge is 0.347 e. The van der Waals surface area contributed by atoms with Crippen molar-refractivity contribution < 1.29 is 14.7 Å². The van der Waals surface area contributed by atoms with Crippen LogP contribution in [0.25, 0.3) is 0 Å². The van der Waals surface area contributed by atoms with Crippen LogP contribution in [-0.2, 0) is 4.79 Å². The fraction of sp³-hybridized carbons (Fsp3) is 0.571. The number of urea groups is 1. The molecule has 0 bridgehead atoms. The first-order valence-electron chi connectivity index (χ1n) is 3.68. The van der Waals surface area contributed by atoms with Crippen molar-refractivity contribution in [2.24, 2.45) is 4.99 Å². The maximum absolute atomic E-state index is 10.6. The van der Waals surface area contributed by atoms with E-state index in [1.165, 1.54) is 6.21 Å². The van der Waals surface area contributed by atoms with Gasteiger partial charge in [0.1, 0.15) is 6.61 Å². The van der Waals surface area contributed by atoms with E-state index in [2.05, 4.69) is 4.99 Å². The molecule has 68 valence electrons. The van der Waals surface area contributed by atoms with Crippen molar-refractivity contribution in [3.63, 3.8) is 0 Å². The van der Waals surface area contributed by atoms with Gasteiger partial charge in [0, 0.05) is 6.21 Å². The summed E-state index contributed by atoms with van der Waals surface area (Å²) in [5.74, 6) is -0.742. The van der Waals surface area contributed by atoms with E-state index < -0.39 is 18.5 Å². The molecule has 0 aromatic carbocycles. The van der Waals surface area contributed by atoms with Crippen LogP contribution in [0.1, 0.15) is 19.8 Å². The standard InChI is InChI=1S/C7H12N2O3/c1-2-3-4-8-7(12)9-6(11)5-10/h4,10H,2-3,5H2,1H3,(H,9,11,12). The summed E-state index contributed by atoms with van der Waals surface area (Å²) in [6.07, 6.45) is 3.02. The molecule has 2 N–H and O–H groups in total. The number of aliphatic hydroxyl groups excluding tert-OH is 1. The maximum atomic E-state index is 10.6. The van der Waals surface area contributed by atoms with Gasteiger partial charge in [-0.05, 0) is 6.42 Å². The Labute approximate surface area is 70.5 Å². The van der Waals surface area contributed by atoms with Crippen molar-refractivity contribution in [1.82, 2.24) is 5.32 Å². The lowest BCUT2D eigenvalue weighted by Gasteiger charge is -1.94. The summed E-state index contributed by atoms with van der Waals surface area (Å²) < 4.78 is 0. The van der Waals surface area contributed by atoms with E-state index in [-0.39, 0.29) is 0 Å². The van der Waals surface area contributed by atoms with Crippen molar-refractivity contribution in [2.45, 2.75) is 19.8 Å². The second-order valence-corrected chi connectivity index (χ2v) is 2.11. The van der Waals surface area contributed by atoms with E-state index in [0.29, 0.717) is 6.42 Å². The number of rotatable bonds is 3. The molecule has 0 aromatic rings. The number of hydrogen-bond acceptors (Lipinski definition) is 3. The number of carbonyl (C=O) groups is 2. The van der Waals surface area contributed by atoms with Crippen LogP contribution in [0.2, 0.25) is 0 Å². The molecule has 0 heterocycles. The highest BCUT2D eigenvalue weighted by Gasteiger charge is 2.02. The van der Waals surface area contributed by atoms with E-state index >= 15 is 0 Å². The number of imide groups is 1. The highest BCUT2D eigenvalue weighted by molar-refractivity contribution is 5.97. The molecule has 5 nitrogen and oxygen atoms in total. The van der Waals surface area contributed by atoms with Gasteiger partial charge < -0.3 is 5.11 Å². The molecular formula is C7H12N2O3. The average molecular weight is 172 g/mol. The van der Waals surface area contributed by atoms with Gasteiger partial charge in [-0.3, -0.25) is 10.1 Å². The molecule has 0 rings (SSSR count). The Kier molecular flexibility index (Phi) is 5.81. The van der Waals surface area contributed by atoms with Gasteiger partial charge in [0.25, 0.3) is 5.91 Å². The molecule has 0 saturated carbocycles. The molecule has 0 aliphatic heterocycles. The van der Waals surface area contributed by atoms with E-state index in [1.807, 2.05) is 12.2 Å². The number of nitrogens with one attached hydrogen (secondary N) is 1. The van der Waals surface area contributed by atoms with Crippen LogP contribution in [0.5, 0.6) is 0 Å². The summed E-state index contributed by atoms with van der Waals surface area (Å²) in [4.78, 5) is 24.4. The number of aliphatic hydroxyl groups is 1. The summed E-state index contributed by atoms with van der Waals surface area (Å²) in [7, 11) is 0. The summed E-state index contributed by atoms with van der Waals surface area (Å²) >= 11 is 0. The van der Waals surface area contributed by atoms with E-state index in [4.69, 9.17) is 5.11 Å². The number of hydrogen-bond donors (Lipinski definition) is 2. The highest BCUT2D eigenvalue weighted by atomic mass is 16.3. The lowest BCUT2D eigenvalue weighted by atomic mass is 10.4. The van der Waals surface area contributed by atoms with Crippen molar-refractivity contribution in [3.05, 3.63) is 0 Å². The van der Waals surface area contributed by atoms with Crippen LogP contribution in [0.4, 0.5) is 4.79 Å². The minimum absolute atomic E-state index is 0.695. The molecule has 0 fully saturated rings. The first-order valence-corrected chi connectivity index (χ1v) is 3.68. The Balaban J connectivity index is 3.66. The quantitative estimate of drug-likeness (QED) is 0.592. The Bertz CT molecular complexity index is 189. The molecule has 5 heteroatoms. The predicted molar refractivity (Wildman–Crippen MR) is 44.0 cm³/mol. The van der Waals surface area contributed by atoms with Crippen molar-refractivity contribution in [1.29, 1.82) is 0 Å². The first-order chi connectivity index (χ1) is 5.70. The summed E-state index contributed by atoms with van der Waals surface area (Å²) in [5.41, 5.74) is 0. The van der Waals surface area contributed by atoms with Gasteiger partial charge in [-0.25, -0.2) is 9.79 Å². The second-order valence-electron chi connectivity index (χ2n) is 2.11.